The molecule has 0 heterocycles. The van der Waals surface area contributed by atoms with Gasteiger partial charge in [0.15, 0.2) is 0 Å². The van der Waals surface area contributed by atoms with E-state index in [1.54, 1.807) is 0 Å². The lowest BCUT2D eigenvalue weighted by Gasteiger charge is -2.12. The summed E-state index contributed by atoms with van der Waals surface area (Å²) in [5.41, 5.74) is 5.64. The van der Waals surface area contributed by atoms with Gasteiger partial charge >= 0.3 is 5.97 Å². The molecule has 18 heavy (non-hydrogen) atoms. The van der Waals surface area contributed by atoms with Crippen LogP contribution in [0.4, 0.5) is 5.69 Å². The van der Waals surface area contributed by atoms with E-state index in [2.05, 4.69) is 5.32 Å². The molecule has 0 aliphatic carbocycles. The summed E-state index contributed by atoms with van der Waals surface area (Å²) < 4.78 is 0. The summed E-state index contributed by atoms with van der Waals surface area (Å²) in [6.07, 6.45) is 1.28. The van der Waals surface area contributed by atoms with Crippen molar-refractivity contribution in [3.63, 3.8) is 0 Å². The largest absolute Gasteiger partial charge is 0.506 e. The lowest BCUT2D eigenvalue weighted by Crippen LogP contribution is -2.35. The standard InChI is InChI=1S/C12H16N2O4/c1-2-3-8(13)11(16)14-9-6-7(12(17)18)4-5-10(9)15/h4-6,8,15H,2-3,13H2,1H3,(H,14,16)(H,17,18)/t8-/m0/s1. The van der Waals surface area contributed by atoms with E-state index in [1.165, 1.54) is 18.2 Å². The molecule has 1 aromatic carbocycles. The van der Waals surface area contributed by atoms with Gasteiger partial charge in [0.1, 0.15) is 5.75 Å². The number of nitrogens with two attached hydrogens (primary N) is 1. The maximum Gasteiger partial charge on any atom is 0.335 e. The average Bonchev–Trinajstić information content (AvgIpc) is 2.31. The van der Waals surface area contributed by atoms with Crippen molar-refractivity contribution in [2.24, 2.45) is 5.73 Å². The average molecular weight is 252 g/mol. The molecule has 0 aromatic heterocycles. The first-order valence-corrected chi connectivity index (χ1v) is 5.58. The molecule has 5 N–H and O–H groups in total. The predicted octanol–water partition coefficient (Wildman–Crippen LogP) is 1.16. The molecule has 1 atom stereocenters. The van der Waals surface area contributed by atoms with Crippen LogP contribution >= 0.6 is 0 Å². The van der Waals surface area contributed by atoms with Crippen molar-refractivity contribution in [2.75, 3.05) is 5.32 Å². The zero-order valence-electron chi connectivity index (χ0n) is 10.0. The van der Waals surface area contributed by atoms with Gasteiger partial charge in [-0.2, -0.15) is 0 Å². The second kappa shape index (κ2) is 6.02. The third-order valence-corrected chi connectivity index (χ3v) is 2.44. The molecule has 1 rings (SSSR count). The SMILES string of the molecule is CCC[C@H](N)C(=O)Nc1cc(C(=O)O)ccc1O. The van der Waals surface area contributed by atoms with Crippen molar-refractivity contribution in [3.8, 4) is 5.75 Å². The van der Waals surface area contributed by atoms with Crippen LogP contribution in [-0.4, -0.2) is 28.1 Å². The van der Waals surface area contributed by atoms with Crippen LogP contribution in [-0.2, 0) is 4.79 Å². The van der Waals surface area contributed by atoms with Gasteiger partial charge in [-0.05, 0) is 24.6 Å². The number of phenolic OH excluding ortho intramolecular Hbond substituents is 1. The van der Waals surface area contributed by atoms with Crippen LogP contribution in [0.25, 0.3) is 0 Å². The third kappa shape index (κ3) is 3.46. The Morgan fingerprint density at radius 2 is 2.11 bits per heavy atom. The molecular weight excluding hydrogens is 236 g/mol. The number of carbonyl (C=O) groups is 2. The number of carbonyl (C=O) groups excluding carboxylic acids is 1. The number of carboxylic acids is 1. The summed E-state index contributed by atoms with van der Waals surface area (Å²) in [4.78, 5) is 22.4. The first-order chi connectivity index (χ1) is 8.45. The zero-order valence-corrected chi connectivity index (χ0v) is 10.0. The molecule has 0 saturated heterocycles. The van der Waals surface area contributed by atoms with Crippen molar-refractivity contribution >= 4 is 17.6 Å². The molecule has 0 radical (unpaired) electrons. The van der Waals surface area contributed by atoms with Crippen LogP contribution in [0.5, 0.6) is 5.75 Å². The third-order valence-electron chi connectivity index (χ3n) is 2.44. The second-order valence-electron chi connectivity index (χ2n) is 3.92. The fourth-order valence-electron chi connectivity index (χ4n) is 1.44. The van der Waals surface area contributed by atoms with Gasteiger partial charge in [-0.15, -0.1) is 0 Å². The Balaban J connectivity index is 2.86. The van der Waals surface area contributed by atoms with Gasteiger partial charge in [0, 0.05) is 0 Å². The van der Waals surface area contributed by atoms with E-state index in [0.717, 1.165) is 6.42 Å². The predicted molar refractivity (Wildman–Crippen MR) is 66.6 cm³/mol. The molecule has 6 heteroatoms. The van der Waals surface area contributed by atoms with Gasteiger partial charge in [0.25, 0.3) is 0 Å². The van der Waals surface area contributed by atoms with Gasteiger partial charge in [0.05, 0.1) is 17.3 Å². The molecule has 0 spiro atoms. The number of hydrogen-bond acceptors (Lipinski definition) is 4. The first kappa shape index (κ1) is 14.0. The highest BCUT2D eigenvalue weighted by atomic mass is 16.4. The molecule has 0 bridgehead atoms. The van der Waals surface area contributed by atoms with E-state index >= 15 is 0 Å². The lowest BCUT2D eigenvalue weighted by atomic mass is 10.1. The van der Waals surface area contributed by atoms with Crippen molar-refractivity contribution in [3.05, 3.63) is 23.8 Å². The molecule has 0 unspecified atom stereocenters. The minimum absolute atomic E-state index is 0.0211. The second-order valence-corrected chi connectivity index (χ2v) is 3.92. The maximum absolute atomic E-state index is 11.6. The Hall–Kier alpha value is -2.08. The minimum Gasteiger partial charge on any atom is -0.506 e. The molecule has 0 aliphatic rings. The van der Waals surface area contributed by atoms with Crippen LogP contribution in [0.3, 0.4) is 0 Å². The molecule has 6 nitrogen and oxygen atoms in total. The number of amides is 1. The summed E-state index contributed by atoms with van der Waals surface area (Å²) >= 11 is 0. The van der Waals surface area contributed by atoms with Gasteiger partial charge < -0.3 is 21.3 Å². The first-order valence-electron chi connectivity index (χ1n) is 5.58. The zero-order chi connectivity index (χ0) is 13.7. The summed E-state index contributed by atoms with van der Waals surface area (Å²) in [5, 5.41) is 20.8. The number of benzene rings is 1. The van der Waals surface area contributed by atoms with E-state index in [4.69, 9.17) is 10.8 Å². The Kier molecular flexibility index (Phi) is 4.67. The summed E-state index contributed by atoms with van der Waals surface area (Å²) in [7, 11) is 0. The van der Waals surface area contributed by atoms with E-state index in [0.29, 0.717) is 6.42 Å². The minimum atomic E-state index is -1.14. The summed E-state index contributed by atoms with van der Waals surface area (Å²) in [6.45, 7) is 1.90. The quantitative estimate of drug-likeness (QED) is 0.587. The van der Waals surface area contributed by atoms with Gasteiger partial charge in [-0.25, -0.2) is 4.79 Å². The number of rotatable bonds is 5. The maximum atomic E-state index is 11.6. The van der Waals surface area contributed by atoms with Gasteiger partial charge in [-0.3, -0.25) is 4.79 Å². The highest BCUT2D eigenvalue weighted by molar-refractivity contribution is 5.97. The lowest BCUT2D eigenvalue weighted by molar-refractivity contribution is -0.117. The smallest absolute Gasteiger partial charge is 0.335 e. The number of phenols is 1. The van der Waals surface area contributed by atoms with Crippen molar-refractivity contribution in [1.29, 1.82) is 0 Å². The number of aromatic hydroxyl groups is 1. The van der Waals surface area contributed by atoms with Gasteiger partial charge in [0.2, 0.25) is 5.91 Å². The topological polar surface area (TPSA) is 113 Å². The van der Waals surface area contributed by atoms with Crippen LogP contribution in [0, 0.1) is 0 Å². The normalized spacial score (nSPS) is 11.9. The molecule has 0 fully saturated rings. The number of aromatic carboxylic acids is 1. The fraction of sp³-hybridized carbons (Fsp3) is 0.333. The fourth-order valence-corrected chi connectivity index (χ4v) is 1.44. The number of anilines is 1. The molecule has 0 aliphatic heterocycles. The van der Waals surface area contributed by atoms with E-state index in [1.807, 2.05) is 6.92 Å². The van der Waals surface area contributed by atoms with Crippen LogP contribution in [0.2, 0.25) is 0 Å². The Bertz CT molecular complexity index is 459. The van der Waals surface area contributed by atoms with Gasteiger partial charge in [-0.1, -0.05) is 13.3 Å². The van der Waals surface area contributed by atoms with Crippen molar-refractivity contribution in [1.82, 2.24) is 0 Å². The van der Waals surface area contributed by atoms with Crippen LogP contribution in [0.1, 0.15) is 30.1 Å². The molecule has 1 aromatic rings. The summed E-state index contributed by atoms with van der Waals surface area (Å²) in [6, 6.07) is 2.97. The van der Waals surface area contributed by atoms with Crippen molar-refractivity contribution < 1.29 is 19.8 Å². The van der Waals surface area contributed by atoms with E-state index in [9.17, 15) is 14.7 Å². The monoisotopic (exact) mass is 252 g/mol. The molecular formula is C12H16N2O4. The Morgan fingerprint density at radius 1 is 1.44 bits per heavy atom. The Morgan fingerprint density at radius 3 is 2.67 bits per heavy atom. The van der Waals surface area contributed by atoms with Crippen LogP contribution in [0.15, 0.2) is 18.2 Å². The molecule has 1 amide bonds. The van der Waals surface area contributed by atoms with E-state index < -0.39 is 17.9 Å². The molecule has 98 valence electrons. The summed E-state index contributed by atoms with van der Waals surface area (Å²) in [5.74, 6) is -1.78. The highest BCUT2D eigenvalue weighted by Crippen LogP contribution is 2.24. The number of nitrogens with one attached hydrogen (secondary N) is 1. The highest BCUT2D eigenvalue weighted by Gasteiger charge is 2.15. The Labute approximate surface area is 104 Å². The van der Waals surface area contributed by atoms with Crippen molar-refractivity contribution in [2.45, 2.75) is 25.8 Å². The molecule has 0 saturated carbocycles. The number of hydrogen-bond donors (Lipinski definition) is 4. The van der Waals surface area contributed by atoms with Crippen LogP contribution < -0.4 is 11.1 Å². The number of carboxylic acid groups (broad SMARTS) is 1. The van der Waals surface area contributed by atoms with E-state index in [-0.39, 0.29) is 17.0 Å².